The maximum Gasteiger partial charge on any atom is 0.359 e. The molecule has 0 saturated carbocycles. The maximum absolute atomic E-state index is 12.0. The molecule has 1 aliphatic rings. The summed E-state index contributed by atoms with van der Waals surface area (Å²) in [5.74, 6) is -0.874. The van der Waals surface area contributed by atoms with Crippen molar-refractivity contribution < 1.29 is 19.1 Å². The minimum atomic E-state index is -0.681. The van der Waals surface area contributed by atoms with Crippen LogP contribution in [0.2, 0.25) is 0 Å². The second-order valence-corrected chi connectivity index (χ2v) is 6.75. The molecule has 25 heavy (non-hydrogen) atoms. The standard InChI is InChI=1S/C15H14N4O4S2/c20-11(16-5-6-19-12(21)8-25-15(19)24)7-23-14(22)13-9-3-1-2-4-10(9)17-18-13/h1-4H,5-8H2,(H,16,20)(H,17,18). The Morgan fingerprint density at radius 1 is 1.40 bits per heavy atom. The minimum absolute atomic E-state index is 0.0684. The second-order valence-electron chi connectivity index (χ2n) is 5.14. The summed E-state index contributed by atoms with van der Waals surface area (Å²) in [6.45, 7) is 0.107. The summed E-state index contributed by atoms with van der Waals surface area (Å²) in [7, 11) is 0. The number of hydrogen-bond donors (Lipinski definition) is 2. The molecule has 0 radical (unpaired) electrons. The van der Waals surface area contributed by atoms with Crippen molar-refractivity contribution >= 4 is 57.0 Å². The topological polar surface area (TPSA) is 104 Å². The number of aromatic nitrogens is 2. The van der Waals surface area contributed by atoms with E-state index in [1.165, 1.54) is 16.7 Å². The van der Waals surface area contributed by atoms with Crippen LogP contribution in [0.3, 0.4) is 0 Å². The van der Waals surface area contributed by atoms with E-state index >= 15 is 0 Å². The predicted molar refractivity (Wildman–Crippen MR) is 96.2 cm³/mol. The van der Waals surface area contributed by atoms with E-state index in [-0.39, 0.29) is 18.1 Å². The Morgan fingerprint density at radius 3 is 2.96 bits per heavy atom. The first-order chi connectivity index (χ1) is 12.1. The first-order valence-corrected chi connectivity index (χ1v) is 8.79. The Balaban J connectivity index is 1.45. The molecule has 2 amide bonds. The van der Waals surface area contributed by atoms with E-state index in [1.807, 2.05) is 6.07 Å². The number of rotatable bonds is 6. The van der Waals surface area contributed by atoms with Crippen LogP contribution in [-0.4, -0.2) is 62.7 Å². The van der Waals surface area contributed by atoms with Gasteiger partial charge in [-0.05, 0) is 6.07 Å². The molecular weight excluding hydrogens is 364 g/mol. The third kappa shape index (κ3) is 3.97. The predicted octanol–water partition coefficient (Wildman–Crippen LogP) is 0.696. The molecule has 3 rings (SSSR count). The Hall–Kier alpha value is -2.46. The summed E-state index contributed by atoms with van der Waals surface area (Å²) in [6.07, 6.45) is 0. The molecule has 2 N–H and O–H groups in total. The van der Waals surface area contributed by atoms with E-state index in [2.05, 4.69) is 15.5 Å². The molecular formula is C15H14N4O4S2. The van der Waals surface area contributed by atoms with Gasteiger partial charge in [-0.15, -0.1) is 0 Å². The molecule has 0 atom stereocenters. The quantitative estimate of drug-likeness (QED) is 0.563. The molecule has 0 spiro atoms. The van der Waals surface area contributed by atoms with Gasteiger partial charge in [-0.1, -0.05) is 42.2 Å². The average molecular weight is 378 g/mol. The van der Waals surface area contributed by atoms with Gasteiger partial charge in [-0.2, -0.15) is 5.10 Å². The number of hydrogen-bond acceptors (Lipinski definition) is 7. The van der Waals surface area contributed by atoms with Gasteiger partial charge >= 0.3 is 5.97 Å². The molecule has 1 fully saturated rings. The largest absolute Gasteiger partial charge is 0.451 e. The summed E-state index contributed by atoms with van der Waals surface area (Å²) in [5, 5.41) is 9.85. The van der Waals surface area contributed by atoms with E-state index in [1.54, 1.807) is 18.2 Å². The molecule has 2 heterocycles. The van der Waals surface area contributed by atoms with Crippen molar-refractivity contribution in [2.45, 2.75) is 0 Å². The van der Waals surface area contributed by atoms with Crippen molar-refractivity contribution in [1.82, 2.24) is 20.4 Å². The number of H-pyrrole nitrogens is 1. The van der Waals surface area contributed by atoms with Crippen LogP contribution < -0.4 is 5.32 Å². The van der Waals surface area contributed by atoms with Crippen molar-refractivity contribution in [1.29, 1.82) is 0 Å². The van der Waals surface area contributed by atoms with Gasteiger partial charge < -0.3 is 10.1 Å². The Kier molecular flexibility index (Phi) is 5.29. The highest BCUT2D eigenvalue weighted by atomic mass is 32.2. The zero-order valence-electron chi connectivity index (χ0n) is 13.0. The van der Waals surface area contributed by atoms with Gasteiger partial charge in [-0.3, -0.25) is 19.6 Å². The zero-order chi connectivity index (χ0) is 17.8. The lowest BCUT2D eigenvalue weighted by atomic mass is 10.2. The van der Waals surface area contributed by atoms with Gasteiger partial charge in [0.25, 0.3) is 5.91 Å². The lowest BCUT2D eigenvalue weighted by molar-refractivity contribution is -0.126. The monoisotopic (exact) mass is 378 g/mol. The molecule has 10 heteroatoms. The van der Waals surface area contributed by atoms with Crippen LogP contribution >= 0.6 is 24.0 Å². The van der Waals surface area contributed by atoms with E-state index in [4.69, 9.17) is 17.0 Å². The van der Waals surface area contributed by atoms with Crippen molar-refractivity contribution in [3.63, 3.8) is 0 Å². The van der Waals surface area contributed by atoms with E-state index in [9.17, 15) is 14.4 Å². The molecule has 1 aromatic heterocycles. The van der Waals surface area contributed by atoms with Crippen LogP contribution in [0.4, 0.5) is 0 Å². The van der Waals surface area contributed by atoms with Crippen molar-refractivity contribution in [3.8, 4) is 0 Å². The number of benzene rings is 1. The van der Waals surface area contributed by atoms with E-state index < -0.39 is 18.5 Å². The lowest BCUT2D eigenvalue weighted by Gasteiger charge is -2.14. The number of para-hydroxylation sites is 1. The number of nitrogens with zero attached hydrogens (tertiary/aromatic N) is 2. The van der Waals surface area contributed by atoms with Crippen molar-refractivity contribution in [2.75, 3.05) is 25.4 Å². The fourth-order valence-corrected chi connectivity index (χ4v) is 3.40. The number of carbonyl (C=O) groups is 3. The smallest absolute Gasteiger partial charge is 0.359 e. The normalized spacial score (nSPS) is 14.2. The number of esters is 1. The SMILES string of the molecule is O=C(COC(=O)c1n[nH]c2ccccc12)NCCN1C(=O)CSC1=S. The van der Waals surface area contributed by atoms with Gasteiger partial charge in [0, 0.05) is 18.5 Å². The number of thioether (sulfide) groups is 1. The summed E-state index contributed by atoms with van der Waals surface area (Å²) in [4.78, 5) is 36.8. The molecule has 0 unspecified atom stereocenters. The highest BCUT2D eigenvalue weighted by Crippen LogP contribution is 2.18. The number of carbonyl (C=O) groups excluding carboxylic acids is 3. The molecule has 8 nitrogen and oxygen atoms in total. The van der Waals surface area contributed by atoms with Gasteiger partial charge in [0.2, 0.25) is 5.91 Å². The third-order valence-corrected chi connectivity index (χ3v) is 4.93. The second kappa shape index (κ2) is 7.62. The number of fused-ring (bicyclic) bond motifs is 1. The van der Waals surface area contributed by atoms with Crippen LogP contribution in [0.25, 0.3) is 10.9 Å². The molecule has 0 aliphatic carbocycles. The molecule has 1 aromatic carbocycles. The first kappa shape index (κ1) is 17.4. The van der Waals surface area contributed by atoms with Crippen LogP contribution in [-0.2, 0) is 14.3 Å². The summed E-state index contributed by atoms with van der Waals surface area (Å²) < 4.78 is 5.49. The van der Waals surface area contributed by atoms with Crippen LogP contribution in [0.1, 0.15) is 10.5 Å². The lowest BCUT2D eigenvalue weighted by Crippen LogP contribution is -2.38. The number of ether oxygens (including phenoxy) is 1. The number of aromatic amines is 1. The van der Waals surface area contributed by atoms with E-state index in [0.29, 0.717) is 27.5 Å². The van der Waals surface area contributed by atoms with Crippen molar-refractivity contribution in [3.05, 3.63) is 30.0 Å². The van der Waals surface area contributed by atoms with E-state index in [0.717, 1.165) is 0 Å². The Labute approximate surface area is 152 Å². The minimum Gasteiger partial charge on any atom is -0.451 e. The molecule has 2 aromatic rings. The highest BCUT2D eigenvalue weighted by Gasteiger charge is 2.26. The number of amides is 2. The van der Waals surface area contributed by atoms with Crippen LogP contribution in [0.15, 0.2) is 24.3 Å². The van der Waals surface area contributed by atoms with Crippen LogP contribution in [0, 0.1) is 0 Å². The maximum atomic E-state index is 12.0. The fourth-order valence-electron chi connectivity index (χ4n) is 2.27. The summed E-state index contributed by atoms with van der Waals surface area (Å²) in [6, 6.07) is 7.12. The number of thiocarbonyl (C=S) groups is 1. The molecule has 1 aliphatic heterocycles. The summed E-state index contributed by atoms with van der Waals surface area (Å²) >= 11 is 6.34. The van der Waals surface area contributed by atoms with Crippen LogP contribution in [0.5, 0.6) is 0 Å². The van der Waals surface area contributed by atoms with Crippen molar-refractivity contribution in [2.24, 2.45) is 0 Å². The zero-order valence-corrected chi connectivity index (χ0v) is 14.6. The third-order valence-electron chi connectivity index (χ3n) is 3.50. The molecule has 1 saturated heterocycles. The Bertz CT molecular complexity index is 835. The fraction of sp³-hybridized carbons (Fsp3) is 0.267. The van der Waals surface area contributed by atoms with Gasteiger partial charge in [-0.25, -0.2) is 4.79 Å². The van der Waals surface area contributed by atoms with Gasteiger partial charge in [0.15, 0.2) is 12.3 Å². The summed E-state index contributed by atoms with van der Waals surface area (Å²) in [5.41, 5.74) is 0.844. The van der Waals surface area contributed by atoms with Gasteiger partial charge in [0.1, 0.15) is 4.32 Å². The average Bonchev–Trinajstić information content (AvgIpc) is 3.18. The highest BCUT2D eigenvalue weighted by molar-refractivity contribution is 8.23. The van der Waals surface area contributed by atoms with Gasteiger partial charge in [0.05, 0.1) is 11.3 Å². The first-order valence-electron chi connectivity index (χ1n) is 7.40. The Morgan fingerprint density at radius 2 is 2.20 bits per heavy atom. The molecule has 130 valence electrons. The molecule has 0 bridgehead atoms. The number of nitrogens with one attached hydrogen (secondary N) is 2.